The van der Waals surface area contributed by atoms with Crippen LogP contribution in [0.2, 0.25) is 5.02 Å². The van der Waals surface area contributed by atoms with E-state index < -0.39 is 5.91 Å². The number of aromatic nitrogens is 1. The molecule has 0 aliphatic heterocycles. The molecule has 1 amide bonds. The van der Waals surface area contributed by atoms with E-state index in [0.717, 1.165) is 0 Å². The lowest BCUT2D eigenvalue weighted by Gasteiger charge is -2.07. The predicted octanol–water partition coefficient (Wildman–Crippen LogP) is 2.28. The molecule has 0 spiro atoms. The molecule has 2 aromatic rings. The quantitative estimate of drug-likeness (QED) is 0.775. The number of carbonyl (C=O) groups is 1. The molecule has 1 aromatic carbocycles. The van der Waals surface area contributed by atoms with Crippen molar-refractivity contribution in [3.63, 3.8) is 0 Å². The molecule has 4 N–H and O–H groups in total. The van der Waals surface area contributed by atoms with Crippen molar-refractivity contribution in [2.45, 2.75) is 0 Å². The first-order chi connectivity index (χ1) is 8.56. The van der Waals surface area contributed by atoms with Crippen molar-refractivity contribution < 1.29 is 9.90 Å². The summed E-state index contributed by atoms with van der Waals surface area (Å²) in [6.07, 6.45) is 1.43. The third-order valence-corrected chi connectivity index (χ3v) is 2.48. The Kier molecular flexibility index (Phi) is 3.34. The summed E-state index contributed by atoms with van der Waals surface area (Å²) in [7, 11) is 0. The average molecular weight is 264 g/mol. The summed E-state index contributed by atoms with van der Waals surface area (Å²) < 4.78 is 0. The molecule has 0 aliphatic rings. The molecule has 0 radical (unpaired) electrons. The second kappa shape index (κ2) is 4.93. The SMILES string of the molecule is Nc1ccc(NC(=O)c2cc(Cl)ccc2O)cn1. The van der Waals surface area contributed by atoms with Crippen LogP contribution in [-0.2, 0) is 0 Å². The van der Waals surface area contributed by atoms with Crippen LogP contribution in [0.3, 0.4) is 0 Å². The van der Waals surface area contributed by atoms with Gasteiger partial charge in [0.2, 0.25) is 0 Å². The Bertz CT molecular complexity index is 584. The highest BCUT2D eigenvalue weighted by atomic mass is 35.5. The van der Waals surface area contributed by atoms with Gasteiger partial charge in [-0.3, -0.25) is 4.79 Å². The van der Waals surface area contributed by atoms with Gasteiger partial charge in [0.1, 0.15) is 11.6 Å². The summed E-state index contributed by atoms with van der Waals surface area (Å²) in [5.41, 5.74) is 6.01. The smallest absolute Gasteiger partial charge is 0.259 e. The first-order valence-electron chi connectivity index (χ1n) is 5.07. The topological polar surface area (TPSA) is 88.2 Å². The number of hydrogen-bond acceptors (Lipinski definition) is 4. The molecule has 1 heterocycles. The van der Waals surface area contributed by atoms with Gasteiger partial charge in [0.05, 0.1) is 17.4 Å². The predicted molar refractivity (Wildman–Crippen MR) is 69.7 cm³/mol. The number of carbonyl (C=O) groups excluding carboxylic acids is 1. The summed E-state index contributed by atoms with van der Waals surface area (Å²) >= 11 is 5.76. The van der Waals surface area contributed by atoms with Gasteiger partial charge >= 0.3 is 0 Å². The van der Waals surface area contributed by atoms with E-state index in [9.17, 15) is 9.90 Å². The molecule has 0 atom stereocenters. The lowest BCUT2D eigenvalue weighted by molar-refractivity contribution is 0.102. The molecular formula is C12H10ClN3O2. The second-order valence-electron chi connectivity index (χ2n) is 3.59. The van der Waals surface area contributed by atoms with Crippen LogP contribution in [-0.4, -0.2) is 16.0 Å². The molecule has 2 rings (SSSR count). The fraction of sp³-hybridized carbons (Fsp3) is 0. The number of nitrogens with zero attached hydrogens (tertiary/aromatic N) is 1. The van der Waals surface area contributed by atoms with E-state index in [2.05, 4.69) is 10.3 Å². The minimum absolute atomic E-state index is 0.0966. The van der Waals surface area contributed by atoms with E-state index in [4.69, 9.17) is 17.3 Å². The van der Waals surface area contributed by atoms with Gasteiger partial charge in [-0.2, -0.15) is 0 Å². The number of pyridine rings is 1. The molecule has 0 saturated heterocycles. The maximum atomic E-state index is 11.9. The van der Waals surface area contributed by atoms with Gasteiger partial charge in [0.15, 0.2) is 0 Å². The molecule has 5 nitrogen and oxygen atoms in total. The number of aromatic hydroxyl groups is 1. The standard InChI is InChI=1S/C12H10ClN3O2/c13-7-1-3-10(17)9(5-7)12(18)16-8-2-4-11(14)15-6-8/h1-6,17H,(H2,14,15)(H,16,18). The average Bonchev–Trinajstić information content (AvgIpc) is 2.35. The van der Waals surface area contributed by atoms with Gasteiger partial charge in [-0.15, -0.1) is 0 Å². The fourth-order valence-corrected chi connectivity index (χ4v) is 1.54. The van der Waals surface area contributed by atoms with Crippen LogP contribution in [0, 0.1) is 0 Å². The Morgan fingerprint density at radius 3 is 2.78 bits per heavy atom. The van der Waals surface area contributed by atoms with Crippen LogP contribution < -0.4 is 11.1 Å². The number of halogens is 1. The van der Waals surface area contributed by atoms with Gasteiger partial charge in [0.25, 0.3) is 5.91 Å². The Hall–Kier alpha value is -2.27. The maximum absolute atomic E-state index is 11.9. The Morgan fingerprint density at radius 1 is 1.33 bits per heavy atom. The van der Waals surface area contributed by atoms with Crippen molar-refractivity contribution in [3.05, 3.63) is 47.1 Å². The van der Waals surface area contributed by atoms with Crippen molar-refractivity contribution >= 4 is 29.0 Å². The molecule has 0 bridgehead atoms. The molecule has 92 valence electrons. The highest BCUT2D eigenvalue weighted by Crippen LogP contribution is 2.22. The monoisotopic (exact) mass is 263 g/mol. The van der Waals surface area contributed by atoms with E-state index in [1.807, 2.05) is 0 Å². The van der Waals surface area contributed by atoms with Gasteiger partial charge < -0.3 is 16.2 Å². The number of anilines is 2. The number of rotatable bonds is 2. The van der Waals surface area contributed by atoms with Gasteiger partial charge in [-0.1, -0.05) is 11.6 Å². The maximum Gasteiger partial charge on any atom is 0.259 e. The zero-order chi connectivity index (χ0) is 13.1. The number of amides is 1. The van der Waals surface area contributed by atoms with Gasteiger partial charge in [-0.25, -0.2) is 4.98 Å². The largest absolute Gasteiger partial charge is 0.507 e. The van der Waals surface area contributed by atoms with Gasteiger partial charge in [0, 0.05) is 5.02 Å². The summed E-state index contributed by atoms with van der Waals surface area (Å²) in [4.78, 5) is 15.7. The lowest BCUT2D eigenvalue weighted by atomic mass is 10.2. The first-order valence-corrected chi connectivity index (χ1v) is 5.45. The van der Waals surface area contributed by atoms with E-state index >= 15 is 0 Å². The van der Waals surface area contributed by atoms with Crippen molar-refractivity contribution in [3.8, 4) is 5.75 Å². The Balaban J connectivity index is 2.21. The fourth-order valence-electron chi connectivity index (χ4n) is 1.37. The summed E-state index contributed by atoms with van der Waals surface area (Å²) in [6, 6.07) is 7.42. The van der Waals surface area contributed by atoms with Crippen LogP contribution in [0.25, 0.3) is 0 Å². The van der Waals surface area contributed by atoms with Crippen LogP contribution in [0.1, 0.15) is 10.4 Å². The van der Waals surface area contributed by atoms with Crippen molar-refractivity contribution in [2.75, 3.05) is 11.1 Å². The molecule has 6 heteroatoms. The second-order valence-corrected chi connectivity index (χ2v) is 4.02. The van der Waals surface area contributed by atoms with Gasteiger partial charge in [-0.05, 0) is 30.3 Å². The highest BCUT2D eigenvalue weighted by Gasteiger charge is 2.11. The van der Waals surface area contributed by atoms with Crippen molar-refractivity contribution in [1.82, 2.24) is 4.98 Å². The van der Waals surface area contributed by atoms with E-state index in [-0.39, 0.29) is 11.3 Å². The zero-order valence-electron chi connectivity index (χ0n) is 9.22. The normalized spacial score (nSPS) is 10.1. The summed E-state index contributed by atoms with van der Waals surface area (Å²) in [6.45, 7) is 0. The molecular weight excluding hydrogens is 254 g/mol. The van der Waals surface area contributed by atoms with E-state index in [0.29, 0.717) is 16.5 Å². The molecule has 0 saturated carbocycles. The number of benzene rings is 1. The van der Waals surface area contributed by atoms with Crippen LogP contribution in [0.4, 0.5) is 11.5 Å². The Labute approximate surface area is 108 Å². The van der Waals surface area contributed by atoms with Crippen LogP contribution >= 0.6 is 11.6 Å². The van der Waals surface area contributed by atoms with E-state index in [1.165, 1.54) is 24.4 Å². The number of phenolic OH excluding ortho intramolecular Hbond substituents is 1. The van der Waals surface area contributed by atoms with Crippen molar-refractivity contribution in [2.24, 2.45) is 0 Å². The third-order valence-electron chi connectivity index (χ3n) is 2.25. The van der Waals surface area contributed by atoms with Crippen molar-refractivity contribution in [1.29, 1.82) is 0 Å². The lowest BCUT2D eigenvalue weighted by Crippen LogP contribution is -2.12. The zero-order valence-corrected chi connectivity index (χ0v) is 9.98. The summed E-state index contributed by atoms with van der Waals surface area (Å²) in [5, 5.41) is 12.5. The number of nitrogens with one attached hydrogen (secondary N) is 1. The number of phenols is 1. The third kappa shape index (κ3) is 2.70. The first kappa shape index (κ1) is 12.2. The number of hydrogen-bond donors (Lipinski definition) is 3. The molecule has 0 aliphatic carbocycles. The summed E-state index contributed by atoms with van der Waals surface area (Å²) in [5.74, 6) is -0.250. The number of nitrogens with two attached hydrogens (primary N) is 1. The number of nitrogen functional groups attached to an aromatic ring is 1. The van der Waals surface area contributed by atoms with Crippen LogP contribution in [0.5, 0.6) is 5.75 Å². The minimum Gasteiger partial charge on any atom is -0.507 e. The molecule has 0 fully saturated rings. The molecule has 18 heavy (non-hydrogen) atoms. The molecule has 0 unspecified atom stereocenters. The minimum atomic E-state index is -0.471. The Morgan fingerprint density at radius 2 is 2.11 bits per heavy atom. The molecule has 1 aromatic heterocycles. The van der Waals surface area contributed by atoms with Crippen LogP contribution in [0.15, 0.2) is 36.5 Å². The highest BCUT2D eigenvalue weighted by molar-refractivity contribution is 6.31. The van der Waals surface area contributed by atoms with E-state index in [1.54, 1.807) is 12.1 Å².